The fraction of sp³-hybridized carbons (Fsp3) is 0.0638. The molecule has 49 heavy (non-hydrogen) atoms. The van der Waals surface area contributed by atoms with Gasteiger partial charge in [0.25, 0.3) is 0 Å². The van der Waals surface area contributed by atoms with Gasteiger partial charge in [-0.1, -0.05) is 129 Å². The summed E-state index contributed by atoms with van der Waals surface area (Å²) < 4.78 is 0. The highest BCUT2D eigenvalue weighted by Crippen LogP contribution is 2.52. The molecule has 232 valence electrons. The van der Waals surface area contributed by atoms with E-state index < -0.39 is 0 Å². The molecule has 0 amide bonds. The number of H-pyrrole nitrogens is 1. The molecular weight excluding hydrogens is 593 g/mol. The summed E-state index contributed by atoms with van der Waals surface area (Å²) in [6.45, 7) is 4.72. The Balaban J connectivity index is 1.16. The van der Waals surface area contributed by atoms with Crippen LogP contribution in [0.2, 0.25) is 0 Å². The molecule has 0 aliphatic heterocycles. The third-order valence-corrected chi connectivity index (χ3v) is 10.8. The minimum absolute atomic E-state index is 0.106. The molecule has 1 aliphatic carbocycles. The molecule has 8 aromatic carbocycles. The molecular formula is C47H34N2. The Morgan fingerprint density at radius 2 is 0.980 bits per heavy atom. The van der Waals surface area contributed by atoms with Gasteiger partial charge < -0.3 is 9.88 Å². The molecule has 1 N–H and O–H groups in total. The van der Waals surface area contributed by atoms with E-state index in [2.05, 4.69) is 188 Å². The predicted octanol–water partition coefficient (Wildman–Crippen LogP) is 13.1. The van der Waals surface area contributed by atoms with Crippen molar-refractivity contribution >= 4 is 60.4 Å². The largest absolute Gasteiger partial charge is 0.354 e. The molecule has 0 spiro atoms. The SMILES string of the molecule is CC1(C)c2ccc(-c3cccc4c3[nH]c3ccccc34)cc2-c2cc(N(c3ccc4ccccc4c3)c3ccc4ccccc4c3)ccc21. The van der Waals surface area contributed by atoms with Gasteiger partial charge in [-0.15, -0.1) is 0 Å². The number of aromatic nitrogens is 1. The summed E-state index contributed by atoms with van der Waals surface area (Å²) in [6.07, 6.45) is 0. The number of para-hydroxylation sites is 2. The maximum atomic E-state index is 3.73. The summed E-state index contributed by atoms with van der Waals surface area (Å²) in [4.78, 5) is 6.14. The fourth-order valence-electron chi connectivity index (χ4n) is 8.26. The van der Waals surface area contributed by atoms with E-state index in [-0.39, 0.29) is 5.41 Å². The lowest BCUT2D eigenvalue weighted by atomic mass is 9.82. The van der Waals surface area contributed by atoms with E-state index in [0.29, 0.717) is 0 Å². The average molecular weight is 627 g/mol. The van der Waals surface area contributed by atoms with Crippen LogP contribution in [0.3, 0.4) is 0 Å². The standard InChI is InChI=1S/C47H34N2/c1-47(2)43-24-20-34(38-15-9-16-40-39-14-7-8-17-45(39)48-46(38)40)28-41(43)42-29-37(23-25-44(42)47)49(35-21-18-30-10-3-5-12-32(30)26-35)36-22-19-31-11-4-6-13-33(31)27-36/h3-29,48H,1-2H3. The van der Waals surface area contributed by atoms with E-state index >= 15 is 0 Å². The van der Waals surface area contributed by atoms with E-state index in [4.69, 9.17) is 0 Å². The van der Waals surface area contributed by atoms with Gasteiger partial charge in [0.05, 0.1) is 5.52 Å². The summed E-state index contributed by atoms with van der Waals surface area (Å²) >= 11 is 0. The summed E-state index contributed by atoms with van der Waals surface area (Å²) in [5.41, 5.74) is 13.5. The van der Waals surface area contributed by atoms with Crippen molar-refractivity contribution < 1.29 is 0 Å². The summed E-state index contributed by atoms with van der Waals surface area (Å²) in [6, 6.07) is 60.3. The van der Waals surface area contributed by atoms with Gasteiger partial charge in [0, 0.05) is 44.3 Å². The second kappa shape index (κ2) is 10.4. The van der Waals surface area contributed by atoms with Crippen molar-refractivity contribution in [3.8, 4) is 22.3 Å². The van der Waals surface area contributed by atoms with Gasteiger partial charge in [0.2, 0.25) is 0 Å². The first-order valence-corrected chi connectivity index (χ1v) is 17.1. The zero-order valence-electron chi connectivity index (χ0n) is 27.5. The van der Waals surface area contributed by atoms with Gasteiger partial charge >= 0.3 is 0 Å². The lowest BCUT2D eigenvalue weighted by Crippen LogP contribution is -2.15. The van der Waals surface area contributed by atoms with E-state index in [0.717, 1.165) is 17.1 Å². The zero-order valence-corrected chi connectivity index (χ0v) is 27.5. The second-order valence-corrected chi connectivity index (χ2v) is 13.9. The summed E-state index contributed by atoms with van der Waals surface area (Å²) in [7, 11) is 0. The minimum atomic E-state index is -0.106. The number of rotatable bonds is 4. The van der Waals surface area contributed by atoms with Crippen LogP contribution in [0, 0.1) is 0 Å². The molecule has 0 radical (unpaired) electrons. The van der Waals surface area contributed by atoms with Crippen molar-refractivity contribution in [2.24, 2.45) is 0 Å². The first-order chi connectivity index (χ1) is 24.0. The highest BCUT2D eigenvalue weighted by Gasteiger charge is 2.36. The van der Waals surface area contributed by atoms with E-state index in [1.165, 1.54) is 76.7 Å². The molecule has 10 rings (SSSR count). The molecule has 1 aromatic heterocycles. The van der Waals surface area contributed by atoms with Crippen LogP contribution in [0.25, 0.3) is 65.6 Å². The maximum absolute atomic E-state index is 3.73. The number of nitrogens with zero attached hydrogens (tertiary/aromatic N) is 1. The van der Waals surface area contributed by atoms with Crippen LogP contribution in [0.15, 0.2) is 164 Å². The number of anilines is 3. The smallest absolute Gasteiger partial charge is 0.0544 e. The molecule has 1 heterocycles. The van der Waals surface area contributed by atoms with Crippen molar-refractivity contribution in [3.63, 3.8) is 0 Å². The van der Waals surface area contributed by atoms with E-state index in [1.807, 2.05) is 0 Å². The van der Waals surface area contributed by atoms with Gasteiger partial charge in [-0.2, -0.15) is 0 Å². The van der Waals surface area contributed by atoms with Crippen molar-refractivity contribution in [2.45, 2.75) is 19.3 Å². The second-order valence-electron chi connectivity index (χ2n) is 13.9. The molecule has 0 fully saturated rings. The maximum Gasteiger partial charge on any atom is 0.0544 e. The lowest BCUT2D eigenvalue weighted by Gasteiger charge is -2.27. The monoisotopic (exact) mass is 626 g/mol. The van der Waals surface area contributed by atoms with Gasteiger partial charge in [-0.05, 0) is 97.9 Å². The first kappa shape index (κ1) is 27.9. The first-order valence-electron chi connectivity index (χ1n) is 17.1. The number of fused-ring (bicyclic) bond motifs is 8. The fourth-order valence-corrected chi connectivity index (χ4v) is 8.26. The Kier molecular flexibility index (Phi) is 5.95. The third kappa shape index (κ3) is 4.27. The van der Waals surface area contributed by atoms with Crippen LogP contribution in [0.1, 0.15) is 25.0 Å². The van der Waals surface area contributed by atoms with Crippen molar-refractivity contribution in [3.05, 3.63) is 175 Å². The summed E-state index contributed by atoms with van der Waals surface area (Å²) in [5.74, 6) is 0. The van der Waals surface area contributed by atoms with Crippen molar-refractivity contribution in [1.82, 2.24) is 4.98 Å². The van der Waals surface area contributed by atoms with E-state index in [1.54, 1.807) is 0 Å². The quantitative estimate of drug-likeness (QED) is 0.206. The molecule has 0 saturated heterocycles. The molecule has 9 aromatic rings. The van der Waals surface area contributed by atoms with Crippen molar-refractivity contribution in [2.75, 3.05) is 4.90 Å². The highest BCUT2D eigenvalue weighted by molar-refractivity contribution is 6.12. The summed E-state index contributed by atoms with van der Waals surface area (Å²) in [5, 5.41) is 7.47. The van der Waals surface area contributed by atoms with Crippen LogP contribution < -0.4 is 4.90 Å². The molecule has 2 nitrogen and oxygen atoms in total. The topological polar surface area (TPSA) is 19.0 Å². The number of aromatic amines is 1. The van der Waals surface area contributed by atoms with Crippen LogP contribution in [0.4, 0.5) is 17.1 Å². The number of nitrogens with one attached hydrogen (secondary N) is 1. The van der Waals surface area contributed by atoms with Gasteiger partial charge in [0.15, 0.2) is 0 Å². The van der Waals surface area contributed by atoms with Gasteiger partial charge in [-0.25, -0.2) is 0 Å². The van der Waals surface area contributed by atoms with Crippen LogP contribution >= 0.6 is 0 Å². The molecule has 0 saturated carbocycles. The Hall–Kier alpha value is -6.12. The Bertz CT molecular complexity index is 2680. The van der Waals surface area contributed by atoms with Crippen LogP contribution in [0.5, 0.6) is 0 Å². The van der Waals surface area contributed by atoms with Crippen LogP contribution in [-0.2, 0) is 5.41 Å². The zero-order chi connectivity index (χ0) is 32.7. The number of hydrogen-bond donors (Lipinski definition) is 1. The van der Waals surface area contributed by atoms with E-state index in [9.17, 15) is 0 Å². The molecule has 0 unspecified atom stereocenters. The average Bonchev–Trinajstić information content (AvgIpc) is 3.63. The molecule has 0 bridgehead atoms. The minimum Gasteiger partial charge on any atom is -0.354 e. The highest BCUT2D eigenvalue weighted by atomic mass is 15.1. The molecule has 2 heteroatoms. The Morgan fingerprint density at radius 3 is 1.69 bits per heavy atom. The van der Waals surface area contributed by atoms with Crippen molar-refractivity contribution in [1.29, 1.82) is 0 Å². The number of hydrogen-bond acceptors (Lipinski definition) is 1. The molecule has 0 atom stereocenters. The van der Waals surface area contributed by atoms with Gasteiger partial charge in [-0.3, -0.25) is 0 Å². The predicted molar refractivity (Wildman–Crippen MR) is 208 cm³/mol. The third-order valence-electron chi connectivity index (χ3n) is 10.8. The Morgan fingerprint density at radius 1 is 0.429 bits per heavy atom. The number of benzene rings is 8. The normalized spacial score (nSPS) is 13.3. The van der Waals surface area contributed by atoms with Gasteiger partial charge in [0.1, 0.15) is 0 Å². The lowest BCUT2D eigenvalue weighted by molar-refractivity contribution is 0.660. The molecule has 1 aliphatic rings. The Labute approximate surface area is 285 Å². The van der Waals surface area contributed by atoms with Crippen LogP contribution in [-0.4, -0.2) is 4.98 Å².